The van der Waals surface area contributed by atoms with Crippen LogP contribution in [0.5, 0.6) is 0 Å². The molecule has 0 N–H and O–H groups in total. The summed E-state index contributed by atoms with van der Waals surface area (Å²) in [4.78, 5) is 0. The molecule has 3 saturated carbocycles. The van der Waals surface area contributed by atoms with E-state index in [1.807, 2.05) is 0 Å². The second kappa shape index (κ2) is 7.78. The minimum absolute atomic E-state index is 0.638. The molecule has 0 radical (unpaired) electrons. The van der Waals surface area contributed by atoms with Gasteiger partial charge >= 0.3 is 132 Å². The Bertz CT molecular complexity index is 281. The zero-order chi connectivity index (χ0) is 14.5. The average Bonchev–Trinajstić information content (AvgIpc) is 2.57. The van der Waals surface area contributed by atoms with Crippen LogP contribution < -0.4 is 0 Å². The Morgan fingerprint density at radius 2 is 0.952 bits per heavy atom. The Hall–Kier alpha value is 0.390. The Kier molecular flexibility index (Phi) is 6.02. The second-order valence-corrected chi connectivity index (χ2v) is 12.5. The van der Waals surface area contributed by atoms with Crippen LogP contribution in [0.3, 0.4) is 0 Å². The summed E-state index contributed by atoms with van der Waals surface area (Å²) in [6.45, 7) is 2.66. The maximum atomic E-state index is 7.10. The van der Waals surface area contributed by atoms with E-state index in [9.17, 15) is 0 Å². The fraction of sp³-hybridized carbons (Fsp3) is 1.00. The summed E-state index contributed by atoms with van der Waals surface area (Å²) < 4.78 is 7.10. The third kappa shape index (κ3) is 4.03. The van der Waals surface area contributed by atoms with E-state index < -0.39 is 7.49 Å². The van der Waals surface area contributed by atoms with Crippen LogP contribution in [0.15, 0.2) is 0 Å². The Morgan fingerprint density at radius 1 is 0.571 bits per heavy atom. The van der Waals surface area contributed by atoms with Crippen LogP contribution in [0.2, 0.25) is 0 Å². The summed E-state index contributed by atoms with van der Waals surface area (Å²) in [7, 11) is -1.54. The van der Waals surface area contributed by atoms with Crippen molar-refractivity contribution in [3.05, 3.63) is 0 Å². The van der Waals surface area contributed by atoms with Crippen LogP contribution in [0.4, 0.5) is 0 Å². The van der Waals surface area contributed by atoms with E-state index in [1.54, 1.807) is 0 Å². The first-order valence-corrected chi connectivity index (χ1v) is 12.5. The van der Waals surface area contributed by atoms with Crippen LogP contribution in [0, 0.1) is 0 Å². The van der Waals surface area contributed by atoms with Crippen LogP contribution in [-0.4, -0.2) is 24.1 Å². The molecule has 1 nitrogen and oxygen atoms in total. The van der Waals surface area contributed by atoms with Crippen LogP contribution in [-0.2, 0) is 4.52 Å². The molecule has 0 aliphatic heterocycles. The van der Waals surface area contributed by atoms with Gasteiger partial charge in [0.1, 0.15) is 0 Å². The zero-order valence-electron chi connectivity index (χ0n) is 14.2. The first-order valence-electron chi connectivity index (χ1n) is 9.97. The van der Waals surface area contributed by atoms with Crippen molar-refractivity contribution in [2.75, 3.05) is 6.66 Å². The normalized spacial score (nSPS) is 28.6. The molecule has 0 atom stereocenters. The van der Waals surface area contributed by atoms with Crippen molar-refractivity contribution >= 4 is 7.49 Å². The van der Waals surface area contributed by atoms with Gasteiger partial charge in [0, 0.05) is 0 Å². The van der Waals surface area contributed by atoms with Crippen molar-refractivity contribution in [2.24, 2.45) is 0 Å². The fourth-order valence-electron chi connectivity index (χ4n) is 5.42. The number of hydrogen-bond acceptors (Lipinski definition) is 1. The quantitative estimate of drug-likeness (QED) is 0.554. The van der Waals surface area contributed by atoms with Gasteiger partial charge < -0.3 is 0 Å². The zero-order valence-corrected chi connectivity index (χ0v) is 15.2. The molecule has 0 aromatic rings. The first-order chi connectivity index (χ1) is 10.3. The molecule has 21 heavy (non-hydrogen) atoms. The van der Waals surface area contributed by atoms with E-state index in [0.717, 1.165) is 11.3 Å². The minimum atomic E-state index is -1.54. The molecule has 3 rings (SSSR count). The van der Waals surface area contributed by atoms with Gasteiger partial charge in [0.2, 0.25) is 0 Å². The summed E-state index contributed by atoms with van der Waals surface area (Å²) in [5.74, 6) is 0. The molecule has 2 heteroatoms. The average molecular weight is 312 g/mol. The van der Waals surface area contributed by atoms with Gasteiger partial charge in [-0.25, -0.2) is 0 Å². The van der Waals surface area contributed by atoms with Crippen molar-refractivity contribution in [1.82, 2.24) is 0 Å². The topological polar surface area (TPSA) is 9.23 Å². The van der Waals surface area contributed by atoms with Gasteiger partial charge in [-0.3, -0.25) is 0 Å². The van der Waals surface area contributed by atoms with E-state index in [0.29, 0.717) is 6.10 Å². The van der Waals surface area contributed by atoms with E-state index in [2.05, 4.69) is 6.66 Å². The second-order valence-electron chi connectivity index (χ2n) is 8.23. The van der Waals surface area contributed by atoms with E-state index >= 15 is 0 Å². The van der Waals surface area contributed by atoms with Crippen molar-refractivity contribution in [3.63, 3.8) is 0 Å². The van der Waals surface area contributed by atoms with Gasteiger partial charge in [0.25, 0.3) is 0 Å². The Balaban J connectivity index is 1.71. The molecular weight excluding hydrogens is 275 g/mol. The van der Waals surface area contributed by atoms with Crippen LogP contribution >= 0.6 is 7.49 Å². The summed E-state index contributed by atoms with van der Waals surface area (Å²) in [5.41, 5.74) is 1.97. The van der Waals surface area contributed by atoms with Crippen LogP contribution in [0.1, 0.15) is 96.3 Å². The molecule has 0 aromatic heterocycles. The monoisotopic (exact) mass is 312 g/mol. The van der Waals surface area contributed by atoms with Crippen molar-refractivity contribution in [3.8, 4) is 0 Å². The molecule has 0 saturated heterocycles. The standard InChI is InChI=1S/C19H37OP/c1-21(18-13-7-3-8-14-18,19-15-9-4-10-16-19)20-17-11-5-2-6-12-17/h17-19,21H,2-16H2,1H3. The van der Waals surface area contributed by atoms with E-state index in [4.69, 9.17) is 4.52 Å². The van der Waals surface area contributed by atoms with Gasteiger partial charge in [-0.15, -0.1) is 0 Å². The fourth-order valence-corrected chi connectivity index (χ4v) is 10.5. The SMILES string of the molecule is C[PH](OC1CCCCC1)(C1CCCCC1)C1CCCCC1. The van der Waals surface area contributed by atoms with E-state index in [-0.39, 0.29) is 0 Å². The van der Waals surface area contributed by atoms with Gasteiger partial charge in [-0.2, -0.15) is 0 Å². The molecule has 0 heterocycles. The molecule has 0 bridgehead atoms. The Morgan fingerprint density at radius 3 is 1.38 bits per heavy atom. The summed E-state index contributed by atoms with van der Waals surface area (Å²) in [5, 5.41) is 0. The molecule has 124 valence electrons. The molecule has 3 aliphatic carbocycles. The predicted molar refractivity (Wildman–Crippen MR) is 95.9 cm³/mol. The summed E-state index contributed by atoms with van der Waals surface area (Å²) >= 11 is 0. The number of rotatable bonds is 4. The van der Waals surface area contributed by atoms with Crippen molar-refractivity contribution in [2.45, 2.75) is 114 Å². The van der Waals surface area contributed by atoms with Gasteiger partial charge in [0.05, 0.1) is 0 Å². The molecule has 0 spiro atoms. The van der Waals surface area contributed by atoms with Gasteiger partial charge in [-0.05, 0) is 0 Å². The molecule has 0 amide bonds. The maximum absolute atomic E-state index is 7.10. The van der Waals surface area contributed by atoms with Crippen LogP contribution in [0.25, 0.3) is 0 Å². The molecule has 3 fully saturated rings. The van der Waals surface area contributed by atoms with Crippen molar-refractivity contribution in [1.29, 1.82) is 0 Å². The van der Waals surface area contributed by atoms with Gasteiger partial charge in [-0.1, -0.05) is 0 Å². The molecule has 0 unspecified atom stereocenters. The van der Waals surface area contributed by atoms with Gasteiger partial charge in [0.15, 0.2) is 0 Å². The first kappa shape index (κ1) is 16.3. The third-order valence-corrected chi connectivity index (χ3v) is 12.0. The Labute approximate surface area is 133 Å². The van der Waals surface area contributed by atoms with Crippen molar-refractivity contribution < 1.29 is 4.52 Å². The number of hydrogen-bond donors (Lipinski definition) is 0. The molecular formula is C19H37OP. The molecule has 0 aromatic carbocycles. The summed E-state index contributed by atoms with van der Waals surface area (Å²) in [6.07, 6.45) is 22.5. The third-order valence-electron chi connectivity index (χ3n) is 6.80. The van der Waals surface area contributed by atoms with E-state index in [1.165, 1.54) is 96.3 Å². The summed E-state index contributed by atoms with van der Waals surface area (Å²) in [6, 6.07) is 0. The molecule has 3 aliphatic rings. The predicted octanol–water partition coefficient (Wildman–Crippen LogP) is 6.30.